The van der Waals surface area contributed by atoms with Gasteiger partial charge < -0.3 is 4.90 Å². The van der Waals surface area contributed by atoms with Crippen molar-refractivity contribution in [1.29, 1.82) is 0 Å². The van der Waals surface area contributed by atoms with Gasteiger partial charge in [0.25, 0.3) is 0 Å². The largest absolute Gasteiger partial charge is 0 e. The second kappa shape index (κ2) is 23.0. The molecule has 2 aromatic carbocycles. The maximum Gasteiger partial charge on any atom is 0 e. The molecule has 0 N–H and O–H groups in total. The van der Waals surface area contributed by atoms with Gasteiger partial charge in [0.1, 0.15) is 0 Å². The van der Waals surface area contributed by atoms with Crippen molar-refractivity contribution in [2.75, 3.05) is 19.0 Å². The van der Waals surface area contributed by atoms with Crippen molar-refractivity contribution in [3.63, 3.8) is 0 Å². The van der Waals surface area contributed by atoms with E-state index in [-0.39, 0.29) is 35.9 Å². The number of hydrogen-bond acceptors (Lipinski definition) is 2. The van der Waals surface area contributed by atoms with Crippen LogP contribution in [0, 0.1) is 13.3 Å². The second-order valence-electron chi connectivity index (χ2n) is 10.6. The minimum Gasteiger partial charge on any atom is 0 e. The monoisotopic (exact) mass is 768 g/mol. The molecule has 1 heterocycles. The summed E-state index contributed by atoms with van der Waals surface area (Å²) in [7, 11) is 6.15. The molecular weight excluding hydrogens is 721 g/mol. The molecule has 0 aliphatic heterocycles. The van der Waals surface area contributed by atoms with Crippen molar-refractivity contribution < 1.29 is 29.4 Å². The molecule has 1 aromatic heterocycles. The van der Waals surface area contributed by atoms with E-state index in [1.54, 1.807) is 23.0 Å². The molecule has 0 amide bonds. The molecule has 8 heteroatoms. The normalized spacial score (nSPS) is 10.1. The summed E-state index contributed by atoms with van der Waals surface area (Å²) in [6.45, 7) is 28.1. The summed E-state index contributed by atoms with van der Waals surface area (Å²) < 4.78 is 15.0. The fraction of sp³-hybridized carbons (Fsp3) is 0.424. The molecular formula is C33H46BIrN2O2P2. The number of pyridine rings is 1. The van der Waals surface area contributed by atoms with Crippen LogP contribution >= 0.6 is 15.8 Å². The zero-order valence-corrected chi connectivity index (χ0v) is 30.4. The van der Waals surface area contributed by atoms with E-state index in [2.05, 4.69) is 129 Å². The van der Waals surface area contributed by atoms with Crippen molar-refractivity contribution >= 4 is 50.3 Å². The summed E-state index contributed by atoms with van der Waals surface area (Å²) in [5.74, 6) is 0. The smallest absolute Gasteiger partial charge is 0 e. The molecule has 0 atom stereocenters. The van der Waals surface area contributed by atoms with Gasteiger partial charge in [-0.25, -0.2) is 0 Å². The van der Waals surface area contributed by atoms with Crippen molar-refractivity contribution in [3.05, 3.63) is 86.4 Å². The van der Waals surface area contributed by atoms with Crippen LogP contribution in [0.3, 0.4) is 0 Å². The Morgan fingerprint density at radius 3 is 1.20 bits per heavy atom. The standard InChI is InChI=1S/C24H36BP2.C7H10N2.2CO.Ir/c1-17(2)26(18(3)4)23-15-11-9-13-21(23)25-22-14-10-12-16-24(22)27(19(5)6)20(7)8;1-9(2)7-3-5-8-6-4-7;2*1-2;/h9-20H,1-8H3;3-6H,1-2H3;;;. The van der Waals surface area contributed by atoms with Gasteiger partial charge in [0.2, 0.25) is 0 Å². The van der Waals surface area contributed by atoms with Gasteiger partial charge in [0.15, 0.2) is 7.28 Å². The topological polar surface area (TPSA) is 55.9 Å². The first-order valence-electron chi connectivity index (χ1n) is 13.6. The van der Waals surface area contributed by atoms with Crippen LogP contribution < -0.4 is 26.4 Å². The summed E-state index contributed by atoms with van der Waals surface area (Å²) in [5, 5.41) is 3.12. The molecule has 0 aliphatic carbocycles. The Morgan fingerprint density at radius 2 is 0.927 bits per heavy atom. The molecule has 3 rings (SSSR count). The van der Waals surface area contributed by atoms with Gasteiger partial charge in [-0.15, -0.1) is 0 Å². The average molecular weight is 768 g/mol. The van der Waals surface area contributed by atoms with Crippen molar-refractivity contribution in [2.24, 2.45) is 0 Å². The Labute approximate surface area is 267 Å². The molecule has 0 aliphatic rings. The minimum absolute atomic E-state index is 0. The third-order valence-electron chi connectivity index (χ3n) is 6.15. The first kappa shape index (κ1) is 41.6. The Balaban J connectivity index is 0. The van der Waals surface area contributed by atoms with Crippen LogP contribution in [0.15, 0.2) is 73.1 Å². The Morgan fingerprint density at radius 1 is 0.610 bits per heavy atom. The number of hydrogen-bond donors (Lipinski definition) is 0. The fourth-order valence-electron chi connectivity index (χ4n) is 4.80. The van der Waals surface area contributed by atoms with Crippen LogP contribution in [-0.4, -0.2) is 49.0 Å². The first-order valence-corrected chi connectivity index (χ1v) is 16.6. The number of nitrogens with zero attached hydrogens (tertiary/aromatic N) is 2. The van der Waals surface area contributed by atoms with E-state index in [1.807, 2.05) is 31.1 Å². The Hall–Kier alpha value is -1.56. The molecule has 0 saturated heterocycles. The molecule has 0 saturated carbocycles. The summed E-state index contributed by atoms with van der Waals surface area (Å²) in [6, 6.07) is 22.1. The summed E-state index contributed by atoms with van der Waals surface area (Å²) in [5.41, 5.74) is 6.83. The van der Waals surface area contributed by atoms with Crippen LogP contribution in [-0.2, 0) is 29.4 Å². The van der Waals surface area contributed by atoms with Gasteiger partial charge in [-0.05, 0) is 45.4 Å². The van der Waals surface area contributed by atoms with Crippen LogP contribution in [0.5, 0.6) is 0 Å². The molecule has 0 fully saturated rings. The maximum absolute atomic E-state index is 7.50. The summed E-state index contributed by atoms with van der Waals surface area (Å²) in [6.07, 6.45) is 3.57. The molecule has 4 nitrogen and oxygen atoms in total. The maximum atomic E-state index is 7.50. The predicted molar refractivity (Wildman–Crippen MR) is 178 cm³/mol. The van der Waals surface area contributed by atoms with Gasteiger partial charge in [-0.1, -0.05) is 131 Å². The number of anilines is 1. The Bertz CT molecular complexity index is 1060. The van der Waals surface area contributed by atoms with Crippen molar-refractivity contribution in [3.8, 4) is 0 Å². The fourth-order valence-corrected chi connectivity index (χ4v) is 10.8. The minimum atomic E-state index is -0.167. The molecule has 0 spiro atoms. The van der Waals surface area contributed by atoms with Crippen LogP contribution in [0.1, 0.15) is 55.4 Å². The number of benzene rings is 2. The molecule has 3 aromatic rings. The molecule has 0 unspecified atom stereocenters. The van der Waals surface area contributed by atoms with E-state index in [1.165, 1.54) is 16.6 Å². The van der Waals surface area contributed by atoms with Gasteiger partial charge in [-0.2, -0.15) is 0 Å². The van der Waals surface area contributed by atoms with E-state index in [0.29, 0.717) is 22.6 Å². The molecule has 41 heavy (non-hydrogen) atoms. The van der Waals surface area contributed by atoms with E-state index in [9.17, 15) is 0 Å². The predicted octanol–water partition coefficient (Wildman–Crippen LogP) is 6.26. The van der Waals surface area contributed by atoms with Gasteiger partial charge in [0.05, 0.1) is 0 Å². The zero-order chi connectivity index (χ0) is 30.8. The van der Waals surface area contributed by atoms with Crippen molar-refractivity contribution in [2.45, 2.75) is 78.0 Å². The van der Waals surface area contributed by atoms with E-state index >= 15 is 0 Å². The van der Waals surface area contributed by atoms with E-state index in [4.69, 9.17) is 9.30 Å². The number of aromatic nitrogens is 1. The molecule has 2 radical (unpaired) electrons. The second-order valence-corrected chi connectivity index (χ2v) is 17.3. The van der Waals surface area contributed by atoms with Crippen molar-refractivity contribution in [1.82, 2.24) is 4.98 Å². The van der Waals surface area contributed by atoms with E-state index in [0.717, 1.165) is 0 Å². The first-order chi connectivity index (χ1) is 19.0. The molecule has 0 bridgehead atoms. The van der Waals surface area contributed by atoms with Gasteiger partial charge in [-0.3, -0.25) is 4.98 Å². The third-order valence-corrected chi connectivity index (χ3v) is 12.5. The SMILES string of the molecule is CC(C)P(c1ccccc1[B]c1ccccc1P(C(C)C)C(C)C)C(C)C.CN(C)c1ccncc1.[C-]#[O+].[C-]#[O+].[Ir]. The average Bonchev–Trinajstić information content (AvgIpc) is 2.93. The summed E-state index contributed by atoms with van der Waals surface area (Å²) >= 11 is 0. The van der Waals surface area contributed by atoms with Crippen LogP contribution in [0.4, 0.5) is 5.69 Å². The molecule has 222 valence electrons. The number of rotatable bonds is 9. The van der Waals surface area contributed by atoms with Gasteiger partial charge in [0, 0.05) is 52.3 Å². The quantitative estimate of drug-likeness (QED) is 0.112. The third kappa shape index (κ3) is 14.0. The van der Waals surface area contributed by atoms with E-state index < -0.39 is 0 Å². The van der Waals surface area contributed by atoms with Crippen LogP contribution in [0.25, 0.3) is 0 Å². The van der Waals surface area contributed by atoms with Crippen LogP contribution in [0.2, 0.25) is 0 Å². The summed E-state index contributed by atoms with van der Waals surface area (Å²) in [4.78, 5) is 5.94. The van der Waals surface area contributed by atoms with Gasteiger partial charge >= 0.3 is 22.6 Å². The zero-order valence-electron chi connectivity index (χ0n) is 26.3. The Kier molecular flexibility index (Phi) is 23.3.